The first-order valence-electron chi connectivity index (χ1n) is 7.32. The molecule has 0 aromatic heterocycles. The van der Waals surface area contributed by atoms with Crippen molar-refractivity contribution < 1.29 is 28.5 Å². The van der Waals surface area contributed by atoms with E-state index in [2.05, 4.69) is 5.32 Å². The van der Waals surface area contributed by atoms with Gasteiger partial charge < -0.3 is 24.3 Å². The zero-order valence-corrected chi connectivity index (χ0v) is 13.7. The highest BCUT2D eigenvalue weighted by Gasteiger charge is 2.43. The van der Waals surface area contributed by atoms with Crippen LogP contribution in [0.2, 0.25) is 0 Å². The summed E-state index contributed by atoms with van der Waals surface area (Å²) in [7, 11) is 4.54. The summed E-state index contributed by atoms with van der Waals surface area (Å²) in [5.74, 6) is -0.789. The SMILES string of the molecule is CCOC(=O)C1C(=O)NCC1c1ccc(OC)c(OC)c1OC. The van der Waals surface area contributed by atoms with Crippen LogP contribution < -0.4 is 19.5 Å². The van der Waals surface area contributed by atoms with E-state index >= 15 is 0 Å². The van der Waals surface area contributed by atoms with Crippen molar-refractivity contribution in [2.24, 2.45) is 5.92 Å². The van der Waals surface area contributed by atoms with Crippen LogP contribution in [0.25, 0.3) is 0 Å². The molecule has 7 nitrogen and oxygen atoms in total. The van der Waals surface area contributed by atoms with Crippen LogP contribution >= 0.6 is 0 Å². The normalized spacial score (nSPS) is 19.9. The lowest BCUT2D eigenvalue weighted by Gasteiger charge is -2.21. The number of hydrogen-bond donors (Lipinski definition) is 1. The maximum atomic E-state index is 12.1. The van der Waals surface area contributed by atoms with Crippen LogP contribution in [0.1, 0.15) is 18.4 Å². The molecule has 2 rings (SSSR count). The quantitative estimate of drug-likeness (QED) is 0.624. The highest BCUT2D eigenvalue weighted by Crippen LogP contribution is 2.45. The van der Waals surface area contributed by atoms with Gasteiger partial charge in [-0.1, -0.05) is 6.07 Å². The minimum absolute atomic E-state index is 0.221. The minimum Gasteiger partial charge on any atom is -0.493 e. The fourth-order valence-electron chi connectivity index (χ4n) is 2.83. The third-order valence-corrected chi connectivity index (χ3v) is 3.86. The van der Waals surface area contributed by atoms with Crippen LogP contribution in [0, 0.1) is 5.92 Å². The van der Waals surface area contributed by atoms with E-state index in [1.165, 1.54) is 21.3 Å². The first kappa shape index (κ1) is 16.9. The number of esters is 1. The molecule has 0 aliphatic carbocycles. The number of carbonyl (C=O) groups is 2. The van der Waals surface area contributed by atoms with Gasteiger partial charge in [-0.2, -0.15) is 0 Å². The summed E-state index contributed by atoms with van der Waals surface area (Å²) in [5.41, 5.74) is 0.696. The van der Waals surface area contributed by atoms with Gasteiger partial charge >= 0.3 is 5.97 Å². The molecule has 1 heterocycles. The lowest BCUT2D eigenvalue weighted by Crippen LogP contribution is -2.29. The molecule has 1 aromatic rings. The number of benzene rings is 1. The van der Waals surface area contributed by atoms with Gasteiger partial charge in [0.2, 0.25) is 11.7 Å². The van der Waals surface area contributed by atoms with Gasteiger partial charge in [-0.15, -0.1) is 0 Å². The Morgan fingerprint density at radius 3 is 2.43 bits per heavy atom. The molecule has 126 valence electrons. The van der Waals surface area contributed by atoms with Gasteiger partial charge in [-0.25, -0.2) is 0 Å². The topological polar surface area (TPSA) is 83.1 Å². The molecule has 1 saturated heterocycles. The number of rotatable bonds is 6. The van der Waals surface area contributed by atoms with Crippen LogP contribution in [-0.4, -0.2) is 46.4 Å². The van der Waals surface area contributed by atoms with E-state index in [0.717, 1.165) is 0 Å². The molecule has 23 heavy (non-hydrogen) atoms. The van der Waals surface area contributed by atoms with Gasteiger partial charge in [-0.05, 0) is 13.0 Å². The Balaban J connectivity index is 2.47. The Kier molecular flexibility index (Phi) is 5.31. The second-order valence-electron chi connectivity index (χ2n) is 5.00. The molecule has 7 heteroatoms. The molecule has 2 atom stereocenters. The summed E-state index contributed by atoms with van der Waals surface area (Å²) < 4.78 is 21.1. The largest absolute Gasteiger partial charge is 0.493 e. The Morgan fingerprint density at radius 1 is 1.17 bits per heavy atom. The van der Waals surface area contributed by atoms with Crippen molar-refractivity contribution in [1.82, 2.24) is 5.32 Å². The zero-order chi connectivity index (χ0) is 17.0. The molecular weight excluding hydrogens is 302 g/mol. The van der Waals surface area contributed by atoms with Crippen molar-refractivity contribution >= 4 is 11.9 Å². The van der Waals surface area contributed by atoms with Crippen molar-refractivity contribution in [1.29, 1.82) is 0 Å². The van der Waals surface area contributed by atoms with Crippen LogP contribution in [0.4, 0.5) is 0 Å². The second kappa shape index (κ2) is 7.21. The van der Waals surface area contributed by atoms with Crippen molar-refractivity contribution in [2.75, 3.05) is 34.5 Å². The molecule has 2 unspecified atom stereocenters. The number of methoxy groups -OCH3 is 3. The fraction of sp³-hybridized carbons (Fsp3) is 0.500. The number of ether oxygens (including phenoxy) is 4. The monoisotopic (exact) mass is 323 g/mol. The molecule has 0 radical (unpaired) electrons. The number of amides is 1. The molecule has 1 amide bonds. The molecule has 1 aliphatic heterocycles. The molecule has 0 bridgehead atoms. The maximum Gasteiger partial charge on any atom is 0.319 e. The van der Waals surface area contributed by atoms with Crippen LogP contribution in [0.3, 0.4) is 0 Å². The van der Waals surface area contributed by atoms with Crippen molar-refractivity contribution in [2.45, 2.75) is 12.8 Å². The smallest absolute Gasteiger partial charge is 0.319 e. The summed E-state index contributed by atoms with van der Waals surface area (Å²) in [6.45, 7) is 2.25. The average molecular weight is 323 g/mol. The Hall–Kier alpha value is -2.44. The Labute approximate surface area is 134 Å². The first-order valence-corrected chi connectivity index (χ1v) is 7.32. The first-order chi connectivity index (χ1) is 11.1. The van der Waals surface area contributed by atoms with Gasteiger partial charge in [0.25, 0.3) is 0 Å². The highest BCUT2D eigenvalue weighted by molar-refractivity contribution is 6.00. The number of hydrogen-bond acceptors (Lipinski definition) is 6. The molecule has 1 aromatic carbocycles. The zero-order valence-electron chi connectivity index (χ0n) is 13.7. The van der Waals surface area contributed by atoms with Gasteiger partial charge in [-0.3, -0.25) is 9.59 Å². The maximum absolute atomic E-state index is 12.1. The molecular formula is C16H21NO6. The van der Waals surface area contributed by atoms with Gasteiger partial charge in [0, 0.05) is 18.0 Å². The molecule has 0 saturated carbocycles. The summed E-state index contributed by atoms with van der Waals surface area (Å²) in [6.07, 6.45) is 0. The molecule has 1 N–H and O–H groups in total. The Bertz CT molecular complexity index is 600. The molecule has 0 spiro atoms. The van der Waals surface area contributed by atoms with Crippen molar-refractivity contribution in [3.63, 3.8) is 0 Å². The second-order valence-corrected chi connectivity index (χ2v) is 5.00. The number of nitrogens with one attached hydrogen (secondary N) is 1. The van der Waals surface area contributed by atoms with Crippen molar-refractivity contribution in [3.8, 4) is 17.2 Å². The van der Waals surface area contributed by atoms with Gasteiger partial charge in [0.15, 0.2) is 11.5 Å². The highest BCUT2D eigenvalue weighted by atomic mass is 16.5. The standard InChI is InChI=1S/C16H21NO6/c1-5-23-16(19)12-10(8-17-15(12)18)9-6-7-11(20-2)14(22-4)13(9)21-3/h6-7,10,12H,5,8H2,1-4H3,(H,17,18). The molecule has 1 aliphatic rings. The van der Waals surface area contributed by atoms with Gasteiger partial charge in [0.1, 0.15) is 5.92 Å². The van der Waals surface area contributed by atoms with Crippen LogP contribution in [-0.2, 0) is 14.3 Å². The average Bonchev–Trinajstić information content (AvgIpc) is 2.94. The van der Waals surface area contributed by atoms with Crippen LogP contribution in [0.5, 0.6) is 17.2 Å². The van der Waals surface area contributed by atoms with E-state index in [1.54, 1.807) is 19.1 Å². The predicted molar refractivity (Wildman–Crippen MR) is 82.0 cm³/mol. The van der Waals surface area contributed by atoms with Crippen molar-refractivity contribution in [3.05, 3.63) is 17.7 Å². The Morgan fingerprint density at radius 2 is 1.87 bits per heavy atom. The van der Waals surface area contributed by atoms with E-state index in [0.29, 0.717) is 29.4 Å². The van der Waals surface area contributed by atoms with E-state index < -0.39 is 17.8 Å². The summed E-state index contributed by atoms with van der Waals surface area (Å²) in [4.78, 5) is 24.2. The van der Waals surface area contributed by atoms with E-state index in [1.807, 2.05) is 0 Å². The lowest BCUT2D eigenvalue weighted by molar-refractivity contribution is -0.151. The van der Waals surface area contributed by atoms with E-state index in [4.69, 9.17) is 18.9 Å². The van der Waals surface area contributed by atoms with Gasteiger partial charge in [0.05, 0.1) is 27.9 Å². The predicted octanol–water partition coefficient (Wildman–Crippen LogP) is 1.11. The number of carbonyl (C=O) groups excluding carboxylic acids is 2. The fourth-order valence-corrected chi connectivity index (χ4v) is 2.83. The third kappa shape index (κ3) is 3.04. The summed E-state index contributed by atoms with van der Waals surface area (Å²) >= 11 is 0. The summed E-state index contributed by atoms with van der Waals surface area (Å²) in [5, 5.41) is 2.71. The van der Waals surface area contributed by atoms with E-state index in [-0.39, 0.29) is 12.5 Å². The minimum atomic E-state index is -0.901. The molecule has 1 fully saturated rings. The van der Waals surface area contributed by atoms with Crippen LogP contribution in [0.15, 0.2) is 12.1 Å². The summed E-state index contributed by atoms with van der Waals surface area (Å²) in [6, 6.07) is 3.50. The van der Waals surface area contributed by atoms with E-state index in [9.17, 15) is 9.59 Å². The third-order valence-electron chi connectivity index (χ3n) is 3.86. The lowest BCUT2D eigenvalue weighted by atomic mass is 9.87.